The Bertz CT molecular complexity index is 918. The highest BCUT2D eigenvalue weighted by atomic mass is 127. The Kier molecular flexibility index (Phi) is 6.21. The zero-order valence-electron chi connectivity index (χ0n) is 16.4. The predicted octanol–water partition coefficient (Wildman–Crippen LogP) is 5.16. The van der Waals surface area contributed by atoms with E-state index in [9.17, 15) is 0 Å². The fourth-order valence-corrected chi connectivity index (χ4v) is 4.65. The van der Waals surface area contributed by atoms with Gasteiger partial charge in [0.25, 0.3) is 0 Å². The highest BCUT2D eigenvalue weighted by Gasteiger charge is 2.36. The van der Waals surface area contributed by atoms with E-state index in [-0.39, 0.29) is 5.41 Å². The molecule has 0 spiro atoms. The van der Waals surface area contributed by atoms with Gasteiger partial charge in [0.1, 0.15) is 12.1 Å². The number of fused-ring (bicyclic) bond motifs is 3. The number of ether oxygens (including phenoxy) is 1. The molecule has 0 N–H and O–H groups in total. The van der Waals surface area contributed by atoms with Gasteiger partial charge in [0, 0.05) is 58.0 Å². The Morgan fingerprint density at radius 1 is 1.33 bits per heavy atom. The van der Waals surface area contributed by atoms with Crippen molar-refractivity contribution in [3.05, 3.63) is 35.3 Å². The van der Waals surface area contributed by atoms with Crippen molar-refractivity contribution in [3.8, 4) is 28.2 Å². The van der Waals surface area contributed by atoms with Crippen LogP contribution in [0, 0.1) is 18.1 Å². The van der Waals surface area contributed by atoms with Crippen LogP contribution in [-0.2, 0) is 11.8 Å². The largest absolute Gasteiger partial charge is 0.495 e. The molecule has 1 aromatic carbocycles. The number of benzene rings is 1. The summed E-state index contributed by atoms with van der Waals surface area (Å²) in [5, 5.41) is 3.06. The number of methoxy groups -OCH3 is 1. The minimum atomic E-state index is -0.0344. The lowest BCUT2D eigenvalue weighted by atomic mass is 9.70. The van der Waals surface area contributed by atoms with Gasteiger partial charge in [-0.1, -0.05) is 19.8 Å². The van der Waals surface area contributed by atoms with Gasteiger partial charge in [0.2, 0.25) is 0 Å². The van der Waals surface area contributed by atoms with Gasteiger partial charge in [-0.2, -0.15) is 0 Å². The van der Waals surface area contributed by atoms with E-state index in [1.165, 1.54) is 25.6 Å². The molecule has 2 aromatic rings. The second-order valence-electron chi connectivity index (χ2n) is 7.41. The first-order valence-electron chi connectivity index (χ1n) is 8.89. The Labute approximate surface area is 178 Å². The molecule has 0 saturated heterocycles. The topological polar surface area (TPSA) is 38.2 Å². The third-order valence-corrected chi connectivity index (χ3v) is 6.00. The number of nitrogens with zero attached hydrogens (tertiary/aromatic N) is 3. The maximum Gasteiger partial charge on any atom is 0.142 e. The molecule has 4 nitrogen and oxygen atoms in total. The summed E-state index contributed by atoms with van der Waals surface area (Å²) in [7, 11) is 5.38. The number of aryl methyl sites for hydroxylation is 1. The van der Waals surface area contributed by atoms with Gasteiger partial charge in [-0.15, -0.1) is 0 Å². The first-order chi connectivity index (χ1) is 12.9. The normalized spacial score (nSPS) is 13.9. The maximum absolute atomic E-state index is 5.72. The molecule has 1 aliphatic rings. The molecule has 1 aliphatic carbocycles. The smallest absolute Gasteiger partial charge is 0.142 e. The molecule has 0 radical (unpaired) electrons. The van der Waals surface area contributed by atoms with Crippen LogP contribution in [0.4, 0.5) is 5.69 Å². The fourth-order valence-electron chi connectivity index (χ4n) is 4.03. The number of rotatable bonds is 4. The van der Waals surface area contributed by atoms with Crippen molar-refractivity contribution in [2.45, 2.75) is 39.0 Å². The van der Waals surface area contributed by atoms with Gasteiger partial charge in [-0.3, -0.25) is 0 Å². The second kappa shape index (κ2) is 8.27. The lowest BCUT2D eigenvalue weighted by molar-refractivity contribution is 0.413. The third kappa shape index (κ3) is 3.90. The Hall–Kier alpha value is -1.46. The van der Waals surface area contributed by atoms with Crippen LogP contribution < -0.4 is 9.64 Å². The Morgan fingerprint density at radius 2 is 2.11 bits per heavy atom. The lowest BCUT2D eigenvalue weighted by Crippen LogP contribution is -2.30. The molecule has 1 heterocycles. The highest BCUT2D eigenvalue weighted by Crippen LogP contribution is 2.48. The first-order valence-corrected chi connectivity index (χ1v) is 12.3. The quantitative estimate of drug-likeness (QED) is 0.435. The van der Waals surface area contributed by atoms with E-state index >= 15 is 0 Å². The van der Waals surface area contributed by atoms with E-state index in [0.29, 0.717) is 0 Å². The van der Waals surface area contributed by atoms with Crippen molar-refractivity contribution in [1.82, 2.24) is 9.97 Å². The predicted molar refractivity (Wildman–Crippen MR) is 123 cm³/mol. The number of hydrogen-bond acceptors (Lipinski definition) is 5. The highest BCUT2D eigenvalue weighted by molar-refractivity contribution is 14.2. The van der Waals surface area contributed by atoms with Crippen molar-refractivity contribution in [1.29, 1.82) is 0 Å². The number of anilines is 1. The van der Waals surface area contributed by atoms with Crippen LogP contribution in [0.2, 0.25) is 0 Å². The average Bonchev–Trinajstić information content (AvgIpc) is 2.63. The molecule has 0 saturated carbocycles. The number of halogens is 1. The summed E-state index contributed by atoms with van der Waals surface area (Å²) in [6.07, 6.45) is 3.42. The lowest BCUT2D eigenvalue weighted by Gasteiger charge is -2.37. The first kappa shape index (κ1) is 20.3. The van der Waals surface area contributed by atoms with Crippen LogP contribution >= 0.6 is 30.1 Å². The number of hydrogen-bond donors (Lipinski definition) is 0. The molecular formula is C21H24IN3OS. The van der Waals surface area contributed by atoms with Crippen molar-refractivity contribution < 1.29 is 4.74 Å². The van der Waals surface area contributed by atoms with Crippen LogP contribution in [0.15, 0.2) is 18.5 Å². The van der Waals surface area contributed by atoms with E-state index < -0.39 is 0 Å². The van der Waals surface area contributed by atoms with Crippen LogP contribution in [0.3, 0.4) is 0 Å². The molecule has 6 heteroatoms. The maximum atomic E-state index is 5.72. The number of aromatic nitrogens is 2. The minimum absolute atomic E-state index is 0.0344. The van der Waals surface area contributed by atoms with E-state index in [4.69, 9.17) is 4.74 Å². The van der Waals surface area contributed by atoms with Gasteiger partial charge in [0.05, 0.1) is 18.5 Å². The molecule has 1 aromatic heterocycles. The Morgan fingerprint density at radius 3 is 2.81 bits per heavy atom. The Balaban J connectivity index is 2.13. The summed E-state index contributed by atoms with van der Waals surface area (Å²) < 4.78 is 5.72. The van der Waals surface area contributed by atoms with Gasteiger partial charge < -0.3 is 9.64 Å². The fraction of sp³-hybridized carbons (Fsp3) is 0.429. The van der Waals surface area contributed by atoms with Crippen LogP contribution in [0.5, 0.6) is 5.75 Å². The molecule has 27 heavy (non-hydrogen) atoms. The zero-order valence-corrected chi connectivity index (χ0v) is 19.4. The van der Waals surface area contributed by atoms with Crippen molar-refractivity contribution in [2.24, 2.45) is 0 Å². The van der Waals surface area contributed by atoms with Gasteiger partial charge in [0.15, 0.2) is 0 Å². The summed E-state index contributed by atoms with van der Waals surface area (Å²) in [6, 6.07) is 4.19. The standard InChI is InChI=1S/C21H24IN3OS/c1-14-18-19(24-13-23-14)15-8-9-17(26-5)20(16(15)12-21(18,2)3)25(4)10-6-7-11-27-22/h8-9,13H,6,10,12H2,1-5H3. The van der Waals surface area contributed by atoms with Gasteiger partial charge >= 0.3 is 0 Å². The molecule has 0 bridgehead atoms. The summed E-state index contributed by atoms with van der Waals surface area (Å²) >= 11 is 2.20. The third-order valence-electron chi connectivity index (χ3n) is 5.12. The van der Waals surface area contributed by atoms with Crippen LogP contribution in [-0.4, -0.2) is 30.7 Å². The van der Waals surface area contributed by atoms with Gasteiger partial charge in [-0.25, -0.2) is 9.97 Å². The molecule has 0 aliphatic heterocycles. The van der Waals surface area contributed by atoms with Crippen molar-refractivity contribution in [2.75, 3.05) is 25.6 Å². The van der Waals surface area contributed by atoms with E-state index in [2.05, 4.69) is 87.2 Å². The molecule has 142 valence electrons. The summed E-state index contributed by atoms with van der Waals surface area (Å²) in [4.78, 5) is 11.4. The molecule has 0 fully saturated rings. The molecule has 0 unspecified atom stereocenters. The SMILES string of the molecule is COc1ccc2c(c1N(C)CCC#CSI)CC(C)(C)c1c(C)ncnc1-2. The van der Waals surface area contributed by atoms with Gasteiger partial charge in [-0.05, 0) is 50.6 Å². The monoisotopic (exact) mass is 493 g/mol. The average molecular weight is 493 g/mol. The second-order valence-corrected chi connectivity index (χ2v) is 9.09. The summed E-state index contributed by atoms with van der Waals surface area (Å²) in [6.45, 7) is 7.48. The van der Waals surface area contributed by atoms with Crippen LogP contribution in [0.1, 0.15) is 37.1 Å². The molecule has 0 atom stereocenters. The van der Waals surface area contributed by atoms with E-state index in [1.807, 2.05) is 0 Å². The zero-order chi connectivity index (χ0) is 19.6. The summed E-state index contributed by atoms with van der Waals surface area (Å²) in [5.74, 6) is 4.10. The van der Waals surface area contributed by atoms with Crippen molar-refractivity contribution >= 4 is 35.8 Å². The molecular weight excluding hydrogens is 469 g/mol. The van der Waals surface area contributed by atoms with E-state index in [1.54, 1.807) is 13.4 Å². The summed E-state index contributed by atoms with van der Waals surface area (Å²) in [5.41, 5.74) is 6.96. The molecule has 3 rings (SSSR count). The van der Waals surface area contributed by atoms with Crippen LogP contribution in [0.25, 0.3) is 11.3 Å². The minimum Gasteiger partial charge on any atom is -0.495 e. The van der Waals surface area contributed by atoms with E-state index in [0.717, 1.165) is 42.2 Å². The molecule has 0 amide bonds. The van der Waals surface area contributed by atoms with Crippen molar-refractivity contribution in [3.63, 3.8) is 0 Å².